The first-order valence-corrected chi connectivity index (χ1v) is 10.9. The fourth-order valence-corrected chi connectivity index (χ4v) is 2.75. The Balaban J connectivity index is 0. The van der Waals surface area contributed by atoms with Gasteiger partial charge < -0.3 is 14.7 Å². The maximum Gasteiger partial charge on any atom is 0.316 e. The zero-order valence-electron chi connectivity index (χ0n) is 16.2. The molecule has 0 aliphatic carbocycles. The zero-order chi connectivity index (χ0) is 17.9. The van der Waals surface area contributed by atoms with Crippen molar-refractivity contribution in [1.82, 2.24) is 5.32 Å². The molecular formula is C18H42NO3P. The normalized spacial score (nSPS) is 14.7. The Bertz CT molecular complexity index is 236. The van der Waals surface area contributed by atoms with Crippen LogP contribution in [0.5, 0.6) is 0 Å². The molecule has 3 atom stereocenters. The molecule has 0 heterocycles. The quantitative estimate of drug-likeness (QED) is 0.411. The second-order valence-electron chi connectivity index (χ2n) is 6.19. The maximum absolute atomic E-state index is 9.56. The highest BCUT2D eigenvalue weighted by atomic mass is 31.1. The number of rotatable bonds is 14. The lowest BCUT2D eigenvalue weighted by Crippen LogP contribution is -2.28. The molecule has 0 aliphatic rings. The minimum absolute atomic E-state index is 0.314. The monoisotopic (exact) mass is 351 g/mol. The largest absolute Gasteiger partial charge is 0.326 e. The molecule has 2 N–H and O–H groups in total. The van der Waals surface area contributed by atoms with Crippen LogP contribution in [-0.2, 0) is 9.09 Å². The summed E-state index contributed by atoms with van der Waals surface area (Å²) in [5.74, 6) is 1.80. The van der Waals surface area contributed by atoms with Crippen LogP contribution in [0.15, 0.2) is 0 Å². The average Bonchev–Trinajstić information content (AvgIpc) is 2.54. The third-order valence-electron chi connectivity index (χ3n) is 4.22. The van der Waals surface area contributed by atoms with Gasteiger partial charge in [0.25, 0.3) is 0 Å². The van der Waals surface area contributed by atoms with Crippen molar-refractivity contribution >= 4 is 8.25 Å². The average molecular weight is 352 g/mol. The van der Waals surface area contributed by atoms with Crippen LogP contribution in [0.25, 0.3) is 0 Å². The standard InChI is InChI=1S/C16H35N.C2H7O3P/c1-5-9-11-15(7-3)13-17-14-16(8-4)12-10-6-2;1-2-5-6(3)4/h15-17H,5-14H2,1-4H3;6H,2H2,1H3,(H,3,4). The molecule has 0 saturated carbocycles. The Labute approximate surface area is 145 Å². The van der Waals surface area contributed by atoms with Crippen molar-refractivity contribution in [3.05, 3.63) is 0 Å². The van der Waals surface area contributed by atoms with Gasteiger partial charge in [-0.05, 0) is 44.7 Å². The van der Waals surface area contributed by atoms with Crippen LogP contribution in [0.4, 0.5) is 0 Å². The van der Waals surface area contributed by atoms with Crippen LogP contribution in [0.1, 0.15) is 86.0 Å². The van der Waals surface area contributed by atoms with Crippen LogP contribution >= 0.6 is 8.25 Å². The minimum Gasteiger partial charge on any atom is -0.326 e. The molecule has 0 fully saturated rings. The van der Waals surface area contributed by atoms with Gasteiger partial charge in [-0.15, -0.1) is 0 Å². The third kappa shape index (κ3) is 20.1. The van der Waals surface area contributed by atoms with Gasteiger partial charge >= 0.3 is 8.25 Å². The van der Waals surface area contributed by atoms with Gasteiger partial charge in [0.1, 0.15) is 0 Å². The third-order valence-corrected chi connectivity index (χ3v) is 4.76. The van der Waals surface area contributed by atoms with E-state index in [-0.39, 0.29) is 0 Å². The fourth-order valence-electron chi connectivity index (χ4n) is 2.50. The second-order valence-corrected chi connectivity index (χ2v) is 7.01. The Morgan fingerprint density at radius 3 is 1.57 bits per heavy atom. The van der Waals surface area contributed by atoms with E-state index in [1.807, 2.05) is 0 Å². The fraction of sp³-hybridized carbons (Fsp3) is 1.00. The van der Waals surface area contributed by atoms with Crippen molar-refractivity contribution in [2.75, 3.05) is 19.7 Å². The van der Waals surface area contributed by atoms with Crippen molar-refractivity contribution < 1.29 is 14.0 Å². The van der Waals surface area contributed by atoms with E-state index >= 15 is 0 Å². The van der Waals surface area contributed by atoms with Crippen molar-refractivity contribution in [2.45, 2.75) is 86.0 Å². The summed E-state index contributed by atoms with van der Waals surface area (Å²) in [6, 6.07) is 0. The maximum atomic E-state index is 9.56. The number of hydrogen-bond acceptors (Lipinski definition) is 3. The molecule has 0 rings (SSSR count). The van der Waals surface area contributed by atoms with Gasteiger partial charge in [-0.25, -0.2) is 0 Å². The van der Waals surface area contributed by atoms with Crippen LogP contribution < -0.4 is 5.32 Å². The predicted molar refractivity (Wildman–Crippen MR) is 102 cm³/mol. The van der Waals surface area contributed by atoms with Crippen LogP contribution in [0.3, 0.4) is 0 Å². The van der Waals surface area contributed by atoms with Gasteiger partial charge in [-0.2, -0.15) is 0 Å². The van der Waals surface area contributed by atoms with Crippen LogP contribution in [0, 0.1) is 11.8 Å². The molecule has 0 aromatic carbocycles. The van der Waals surface area contributed by atoms with Crippen molar-refractivity contribution in [3.63, 3.8) is 0 Å². The summed E-state index contributed by atoms with van der Waals surface area (Å²) in [7, 11) is -2.64. The van der Waals surface area contributed by atoms with Gasteiger partial charge in [-0.3, -0.25) is 4.57 Å². The highest BCUT2D eigenvalue weighted by molar-refractivity contribution is 7.32. The summed E-state index contributed by atoms with van der Waals surface area (Å²) in [5, 5.41) is 3.71. The Morgan fingerprint density at radius 1 is 0.913 bits per heavy atom. The molecule has 142 valence electrons. The molecule has 3 unspecified atom stereocenters. The Kier molecular flexibility index (Phi) is 22.2. The number of nitrogens with one attached hydrogen (secondary N) is 1. The molecule has 0 radical (unpaired) electrons. The van der Waals surface area contributed by atoms with Crippen molar-refractivity contribution in [3.8, 4) is 0 Å². The second kappa shape index (κ2) is 20.2. The Hall–Kier alpha value is 0.110. The Morgan fingerprint density at radius 2 is 1.35 bits per heavy atom. The summed E-state index contributed by atoms with van der Waals surface area (Å²) in [5.41, 5.74) is 0. The highest BCUT2D eigenvalue weighted by Gasteiger charge is 2.08. The summed E-state index contributed by atoms with van der Waals surface area (Å²) < 4.78 is 13.7. The number of hydrogen-bond donors (Lipinski definition) is 2. The van der Waals surface area contributed by atoms with Crippen molar-refractivity contribution in [1.29, 1.82) is 0 Å². The highest BCUT2D eigenvalue weighted by Crippen LogP contribution is 2.14. The van der Waals surface area contributed by atoms with Gasteiger partial charge in [0.2, 0.25) is 0 Å². The van der Waals surface area contributed by atoms with E-state index in [4.69, 9.17) is 4.89 Å². The molecular weight excluding hydrogens is 309 g/mol. The minimum atomic E-state index is -2.64. The molecule has 0 aromatic heterocycles. The van der Waals surface area contributed by atoms with Crippen molar-refractivity contribution in [2.24, 2.45) is 11.8 Å². The molecule has 4 nitrogen and oxygen atoms in total. The van der Waals surface area contributed by atoms with Crippen LogP contribution in [0.2, 0.25) is 0 Å². The van der Waals surface area contributed by atoms with Gasteiger partial charge in [0, 0.05) is 0 Å². The lowest BCUT2D eigenvalue weighted by molar-refractivity contribution is 0.297. The van der Waals surface area contributed by atoms with E-state index in [1.165, 1.54) is 64.5 Å². The van der Waals surface area contributed by atoms with E-state index in [0.29, 0.717) is 6.61 Å². The molecule has 0 amide bonds. The first kappa shape index (κ1) is 25.4. The van der Waals surface area contributed by atoms with E-state index in [2.05, 4.69) is 37.5 Å². The molecule has 5 heteroatoms. The lowest BCUT2D eigenvalue weighted by Gasteiger charge is -2.19. The van der Waals surface area contributed by atoms with Gasteiger partial charge in [-0.1, -0.05) is 66.2 Å². The SMILES string of the molecule is CCCCC(CC)CNCC(CC)CCCC.CCO[PH](=O)O. The molecule has 0 aliphatic heterocycles. The van der Waals surface area contributed by atoms with E-state index in [9.17, 15) is 4.57 Å². The molecule has 0 bridgehead atoms. The topological polar surface area (TPSA) is 58.6 Å². The predicted octanol–water partition coefficient (Wildman–Crippen LogP) is 5.41. The summed E-state index contributed by atoms with van der Waals surface area (Å²) in [6.07, 6.45) is 10.9. The van der Waals surface area contributed by atoms with E-state index in [0.717, 1.165) is 11.8 Å². The van der Waals surface area contributed by atoms with E-state index < -0.39 is 8.25 Å². The summed E-state index contributed by atoms with van der Waals surface area (Å²) in [4.78, 5) is 7.88. The molecule has 0 aromatic rings. The first-order chi connectivity index (χ1) is 11.0. The number of unbranched alkanes of at least 4 members (excludes halogenated alkanes) is 2. The molecule has 0 saturated heterocycles. The zero-order valence-corrected chi connectivity index (χ0v) is 17.2. The lowest BCUT2D eigenvalue weighted by atomic mass is 9.97. The van der Waals surface area contributed by atoms with Crippen LogP contribution in [-0.4, -0.2) is 24.6 Å². The molecule has 0 spiro atoms. The molecule has 23 heavy (non-hydrogen) atoms. The summed E-state index contributed by atoms with van der Waals surface area (Å²) in [6.45, 7) is 13.7. The van der Waals surface area contributed by atoms with E-state index in [1.54, 1.807) is 6.92 Å². The van der Waals surface area contributed by atoms with Gasteiger partial charge in [0.15, 0.2) is 0 Å². The smallest absolute Gasteiger partial charge is 0.316 e. The first-order valence-electron chi connectivity index (χ1n) is 9.61. The van der Waals surface area contributed by atoms with Gasteiger partial charge in [0.05, 0.1) is 6.61 Å². The summed E-state index contributed by atoms with van der Waals surface area (Å²) >= 11 is 0.